The van der Waals surface area contributed by atoms with E-state index in [0.717, 1.165) is 12.8 Å². The molecule has 2 rings (SSSR count). The van der Waals surface area contributed by atoms with Crippen molar-refractivity contribution in [3.05, 3.63) is 70.8 Å². The number of alkyl halides is 1. The summed E-state index contributed by atoms with van der Waals surface area (Å²) in [7, 11) is 0. The van der Waals surface area contributed by atoms with Crippen LogP contribution < -0.4 is 0 Å². The lowest BCUT2D eigenvalue weighted by Crippen LogP contribution is -2.15. The van der Waals surface area contributed by atoms with Crippen LogP contribution in [0.4, 0.5) is 0 Å². The molecule has 0 saturated carbocycles. The van der Waals surface area contributed by atoms with E-state index < -0.39 is 0 Å². The van der Waals surface area contributed by atoms with Gasteiger partial charge in [0.15, 0.2) is 0 Å². The molecule has 0 radical (unpaired) electrons. The van der Waals surface area contributed by atoms with Crippen molar-refractivity contribution in [2.24, 2.45) is 0 Å². The second-order valence-electron chi connectivity index (χ2n) is 7.37. The van der Waals surface area contributed by atoms with Gasteiger partial charge in [-0.3, -0.25) is 0 Å². The van der Waals surface area contributed by atoms with Crippen molar-refractivity contribution in [1.29, 1.82) is 0 Å². The molecule has 0 bridgehead atoms. The number of hydrogen-bond acceptors (Lipinski definition) is 0. The van der Waals surface area contributed by atoms with Gasteiger partial charge in [0, 0.05) is 11.3 Å². The quantitative estimate of drug-likeness (QED) is 0.536. The largest absolute Gasteiger partial charge is 0.122 e. The first-order valence-corrected chi connectivity index (χ1v) is 9.13. The van der Waals surface area contributed by atoms with E-state index in [4.69, 9.17) is 11.6 Å². The first-order chi connectivity index (χ1) is 10.9. The molecule has 0 aliphatic carbocycles. The minimum Gasteiger partial charge on any atom is -0.122 e. The molecule has 2 aromatic carbocycles. The van der Waals surface area contributed by atoms with Crippen LogP contribution in [0.3, 0.4) is 0 Å². The SMILES string of the molecule is CCc1ccc(C(c2ccc(C(C)(C)C)cc2)C(Cl)CC)cc1. The van der Waals surface area contributed by atoms with Crippen molar-refractivity contribution in [2.75, 3.05) is 0 Å². The van der Waals surface area contributed by atoms with Gasteiger partial charge in [0.1, 0.15) is 0 Å². The average Bonchev–Trinajstić information content (AvgIpc) is 2.55. The highest BCUT2D eigenvalue weighted by Gasteiger charge is 2.23. The minimum atomic E-state index is 0.114. The lowest BCUT2D eigenvalue weighted by atomic mass is 9.83. The van der Waals surface area contributed by atoms with Crippen LogP contribution in [-0.2, 0) is 11.8 Å². The van der Waals surface area contributed by atoms with Crippen molar-refractivity contribution >= 4 is 11.6 Å². The fourth-order valence-electron chi connectivity index (χ4n) is 3.00. The van der Waals surface area contributed by atoms with Gasteiger partial charge in [-0.15, -0.1) is 11.6 Å². The Morgan fingerprint density at radius 1 is 0.826 bits per heavy atom. The van der Waals surface area contributed by atoms with Crippen LogP contribution in [0, 0.1) is 0 Å². The maximum absolute atomic E-state index is 6.70. The lowest BCUT2D eigenvalue weighted by Gasteiger charge is -2.25. The predicted octanol–water partition coefficient (Wildman–Crippen LogP) is 6.70. The summed E-state index contributed by atoms with van der Waals surface area (Å²) in [6.07, 6.45) is 2.03. The number of halogens is 1. The highest BCUT2D eigenvalue weighted by molar-refractivity contribution is 6.21. The topological polar surface area (TPSA) is 0 Å². The summed E-state index contributed by atoms with van der Waals surface area (Å²) >= 11 is 6.70. The zero-order valence-corrected chi connectivity index (χ0v) is 15.8. The summed E-state index contributed by atoms with van der Waals surface area (Å²) in [4.78, 5) is 0. The highest BCUT2D eigenvalue weighted by atomic mass is 35.5. The van der Waals surface area contributed by atoms with Gasteiger partial charge in [-0.2, -0.15) is 0 Å². The Balaban J connectivity index is 2.38. The Kier molecular flexibility index (Phi) is 5.92. The van der Waals surface area contributed by atoms with Crippen LogP contribution in [0.1, 0.15) is 69.2 Å². The Labute approximate surface area is 146 Å². The molecular weight excluding hydrogens is 300 g/mol. The first kappa shape index (κ1) is 18.1. The van der Waals surface area contributed by atoms with Gasteiger partial charge in [0.25, 0.3) is 0 Å². The van der Waals surface area contributed by atoms with Gasteiger partial charge >= 0.3 is 0 Å². The molecule has 0 N–H and O–H groups in total. The van der Waals surface area contributed by atoms with E-state index >= 15 is 0 Å². The van der Waals surface area contributed by atoms with Gasteiger partial charge in [0.2, 0.25) is 0 Å². The monoisotopic (exact) mass is 328 g/mol. The Morgan fingerprint density at radius 2 is 1.30 bits per heavy atom. The van der Waals surface area contributed by atoms with Crippen LogP contribution >= 0.6 is 11.6 Å². The molecule has 0 saturated heterocycles. The third-order valence-electron chi connectivity index (χ3n) is 4.63. The second-order valence-corrected chi connectivity index (χ2v) is 7.93. The number of hydrogen-bond donors (Lipinski definition) is 0. The summed E-state index contributed by atoms with van der Waals surface area (Å²) in [5.74, 6) is 0.251. The van der Waals surface area contributed by atoms with E-state index in [9.17, 15) is 0 Å². The molecule has 0 nitrogen and oxygen atoms in total. The van der Waals surface area contributed by atoms with Crippen LogP contribution in [0.25, 0.3) is 0 Å². The molecule has 0 amide bonds. The highest BCUT2D eigenvalue weighted by Crippen LogP contribution is 2.34. The summed E-state index contributed by atoms with van der Waals surface area (Å²) in [5, 5.41) is 0.114. The van der Waals surface area contributed by atoms with E-state index in [2.05, 4.69) is 83.1 Å². The smallest absolute Gasteiger partial charge is 0.0442 e. The fraction of sp³-hybridized carbons (Fsp3) is 0.455. The van der Waals surface area contributed by atoms with Crippen LogP contribution in [0.2, 0.25) is 0 Å². The van der Waals surface area contributed by atoms with E-state index in [1.165, 1.54) is 22.3 Å². The summed E-state index contributed by atoms with van der Waals surface area (Å²) in [6.45, 7) is 11.1. The van der Waals surface area contributed by atoms with Crippen LogP contribution in [0.15, 0.2) is 48.5 Å². The van der Waals surface area contributed by atoms with Crippen molar-refractivity contribution in [2.45, 2.75) is 64.2 Å². The Morgan fingerprint density at radius 3 is 1.70 bits per heavy atom. The molecular formula is C22H29Cl. The summed E-state index contributed by atoms with van der Waals surface area (Å²) < 4.78 is 0. The lowest BCUT2D eigenvalue weighted by molar-refractivity contribution is 0.589. The molecule has 2 unspecified atom stereocenters. The summed E-state index contributed by atoms with van der Waals surface area (Å²) in [6, 6.07) is 18.0. The zero-order chi connectivity index (χ0) is 17.0. The molecule has 0 aliphatic rings. The predicted molar refractivity (Wildman–Crippen MR) is 103 cm³/mol. The number of rotatable bonds is 5. The molecule has 0 spiro atoms. The maximum Gasteiger partial charge on any atom is 0.0442 e. The molecule has 2 aromatic rings. The van der Waals surface area contributed by atoms with Gasteiger partial charge in [-0.25, -0.2) is 0 Å². The molecule has 0 heterocycles. The van der Waals surface area contributed by atoms with Gasteiger partial charge in [-0.05, 0) is 40.5 Å². The van der Waals surface area contributed by atoms with Crippen molar-refractivity contribution in [1.82, 2.24) is 0 Å². The van der Waals surface area contributed by atoms with Crippen LogP contribution in [0.5, 0.6) is 0 Å². The van der Waals surface area contributed by atoms with Gasteiger partial charge in [0.05, 0.1) is 0 Å². The Bertz CT molecular complexity index is 602. The molecule has 0 aromatic heterocycles. The van der Waals surface area contributed by atoms with Crippen molar-refractivity contribution in [3.8, 4) is 0 Å². The van der Waals surface area contributed by atoms with E-state index in [0.29, 0.717) is 0 Å². The van der Waals surface area contributed by atoms with E-state index in [1.807, 2.05) is 0 Å². The van der Waals surface area contributed by atoms with Gasteiger partial charge in [-0.1, -0.05) is 83.1 Å². The zero-order valence-electron chi connectivity index (χ0n) is 15.1. The third kappa shape index (κ3) is 4.38. The van der Waals surface area contributed by atoms with Crippen molar-refractivity contribution < 1.29 is 0 Å². The standard InChI is InChI=1S/C22H29Cl/c1-6-16-8-10-17(11-9-16)21(20(23)7-2)18-12-14-19(15-13-18)22(3,4)5/h8-15,20-21H,6-7H2,1-5H3. The molecule has 23 heavy (non-hydrogen) atoms. The number of benzene rings is 2. The summed E-state index contributed by atoms with van der Waals surface area (Å²) in [5.41, 5.74) is 5.54. The maximum atomic E-state index is 6.70. The normalized spacial score (nSPS) is 14.5. The number of aryl methyl sites for hydroxylation is 1. The molecule has 1 heteroatoms. The second kappa shape index (κ2) is 7.53. The van der Waals surface area contributed by atoms with Crippen LogP contribution in [-0.4, -0.2) is 5.38 Å². The fourth-order valence-corrected chi connectivity index (χ4v) is 3.29. The van der Waals surface area contributed by atoms with Crippen molar-refractivity contribution in [3.63, 3.8) is 0 Å². The van der Waals surface area contributed by atoms with E-state index in [-0.39, 0.29) is 16.7 Å². The molecule has 0 fully saturated rings. The van der Waals surface area contributed by atoms with E-state index in [1.54, 1.807) is 0 Å². The van der Waals surface area contributed by atoms with Gasteiger partial charge < -0.3 is 0 Å². The average molecular weight is 329 g/mol. The molecule has 0 aliphatic heterocycles. The Hall–Kier alpha value is -1.27. The minimum absolute atomic E-state index is 0.114. The molecule has 124 valence electrons. The first-order valence-electron chi connectivity index (χ1n) is 8.70. The molecule has 2 atom stereocenters. The third-order valence-corrected chi connectivity index (χ3v) is 5.20.